The maximum absolute atomic E-state index is 12.4. The largest absolute Gasteiger partial charge is 0.385 e. The highest BCUT2D eigenvalue weighted by molar-refractivity contribution is 5.50. The zero-order chi connectivity index (χ0) is 33.5. The minimum atomic E-state index is -1.11. The second kappa shape index (κ2) is 13.9. The molecule has 6 fully saturated rings. The first-order valence-corrected chi connectivity index (χ1v) is 19.4. The van der Waals surface area contributed by atoms with Gasteiger partial charge in [0.15, 0.2) is 18.9 Å². The third-order valence-electron chi connectivity index (χ3n) is 13.6. The van der Waals surface area contributed by atoms with E-state index in [1.165, 1.54) is 54.5 Å². The van der Waals surface area contributed by atoms with Crippen LogP contribution in [0.1, 0.15) is 121 Å². The van der Waals surface area contributed by atoms with Crippen molar-refractivity contribution in [2.75, 3.05) is 38.5 Å². The summed E-state index contributed by atoms with van der Waals surface area (Å²) in [6.07, 6.45) is 15.4. The van der Waals surface area contributed by atoms with Gasteiger partial charge in [-0.2, -0.15) is 0 Å². The normalized spacial score (nSPS) is 38.8. The number of ether oxygens (including phenoxy) is 5. The number of aliphatic hydroxyl groups is 2. The van der Waals surface area contributed by atoms with Crippen molar-refractivity contribution >= 4 is 5.69 Å². The molecule has 1 spiro atoms. The van der Waals surface area contributed by atoms with Crippen LogP contribution in [0.2, 0.25) is 0 Å². The summed E-state index contributed by atoms with van der Waals surface area (Å²) in [7, 11) is 0. The number of hydrogen-bond acceptors (Lipinski definition) is 8. The average molecular weight is 676 g/mol. The van der Waals surface area contributed by atoms with Crippen LogP contribution in [0.4, 0.5) is 5.69 Å². The molecule has 1 aromatic rings. The quantitative estimate of drug-likeness (QED) is 0.124. The number of nitrogens with one attached hydrogen (secondary N) is 1. The highest BCUT2D eigenvalue weighted by Gasteiger charge is 2.64. The minimum absolute atomic E-state index is 0.0999. The number of allylic oxidation sites excluding steroid dienone is 1. The first-order chi connectivity index (χ1) is 23.8. The van der Waals surface area contributed by atoms with Gasteiger partial charge >= 0.3 is 0 Å². The van der Waals surface area contributed by atoms with Gasteiger partial charge in [-0.15, -0.1) is 0 Å². The van der Waals surface area contributed by atoms with Crippen LogP contribution in [-0.2, 0) is 23.7 Å². The molecule has 3 N–H and O–H groups in total. The van der Waals surface area contributed by atoms with E-state index < -0.39 is 22.4 Å². The van der Waals surface area contributed by atoms with Crippen LogP contribution in [0.5, 0.6) is 0 Å². The Morgan fingerprint density at radius 2 is 1.69 bits per heavy atom. The van der Waals surface area contributed by atoms with Gasteiger partial charge in [-0.25, -0.2) is 0 Å². The van der Waals surface area contributed by atoms with Crippen molar-refractivity contribution in [1.82, 2.24) is 0 Å². The van der Waals surface area contributed by atoms with Gasteiger partial charge in [-0.3, -0.25) is 0 Å². The highest BCUT2D eigenvalue weighted by atomic mass is 16.7. The molecule has 2 aliphatic heterocycles. The van der Waals surface area contributed by atoms with Crippen molar-refractivity contribution in [3.8, 4) is 11.8 Å². The van der Waals surface area contributed by atoms with Crippen molar-refractivity contribution in [3.63, 3.8) is 0 Å². The summed E-state index contributed by atoms with van der Waals surface area (Å²) >= 11 is 0. The van der Waals surface area contributed by atoms with Gasteiger partial charge in [-0.05, 0) is 106 Å². The number of benzene rings is 1. The van der Waals surface area contributed by atoms with Crippen LogP contribution >= 0.6 is 0 Å². The standard InChI is InChI=1S/C41H57NO7/c1-38-26-33(29-11-13-31(14-12-29)42-30-8-3-2-4-9-30)37-32(15-19-39(43)27-41(21-17-35(37)39)48-24-25-49-41)34(38)16-20-40(38,44)18-7-22-45-28-47-36-10-5-6-23-46-36/h11-14,30,32-34,36,42-44H,2-6,8-10,15-17,19-28H2,1H3. The Morgan fingerprint density at radius 3 is 2.47 bits per heavy atom. The lowest BCUT2D eigenvalue weighted by Gasteiger charge is -2.57. The molecule has 0 aromatic heterocycles. The summed E-state index contributed by atoms with van der Waals surface area (Å²) in [5.74, 6) is 6.57. The molecule has 7 atom stereocenters. The van der Waals surface area contributed by atoms with Crippen LogP contribution in [-0.4, -0.2) is 72.8 Å². The van der Waals surface area contributed by atoms with Crippen LogP contribution in [0.25, 0.3) is 0 Å². The minimum Gasteiger partial charge on any atom is -0.385 e. The Bertz CT molecular complexity index is 1420. The number of anilines is 1. The van der Waals surface area contributed by atoms with Gasteiger partial charge in [-0.1, -0.05) is 55.7 Å². The van der Waals surface area contributed by atoms with Crippen molar-refractivity contribution < 1.29 is 33.9 Å². The monoisotopic (exact) mass is 675 g/mol. The zero-order valence-corrected chi connectivity index (χ0v) is 29.5. The topological polar surface area (TPSA) is 98.6 Å². The van der Waals surface area contributed by atoms with Crippen molar-refractivity contribution in [3.05, 3.63) is 41.0 Å². The molecular formula is C41H57NO7. The Balaban J connectivity index is 1.06. The molecule has 0 bridgehead atoms. The van der Waals surface area contributed by atoms with Gasteiger partial charge < -0.3 is 39.2 Å². The van der Waals surface area contributed by atoms with E-state index in [9.17, 15) is 10.2 Å². The molecular weight excluding hydrogens is 618 g/mol. The van der Waals surface area contributed by atoms with E-state index in [1.54, 1.807) is 0 Å². The fourth-order valence-corrected chi connectivity index (χ4v) is 11.1. The SMILES string of the molecule is CC12CC(c3ccc(NC4CCCCC4)cc3)C3=C4CCC5(CC4(O)CCC3C1CCC2(O)C#CCOCOC1CCCCO1)OCCO5. The molecule has 4 saturated carbocycles. The molecule has 8 rings (SSSR count). The molecule has 7 unspecified atom stereocenters. The molecule has 8 nitrogen and oxygen atoms in total. The third kappa shape index (κ3) is 6.52. The summed E-state index contributed by atoms with van der Waals surface area (Å²) in [5.41, 5.74) is 2.69. The van der Waals surface area contributed by atoms with Crippen molar-refractivity contribution in [2.45, 2.75) is 145 Å². The number of hydrogen-bond donors (Lipinski definition) is 3. The molecule has 8 heteroatoms. The summed E-state index contributed by atoms with van der Waals surface area (Å²) in [6, 6.07) is 9.66. The lowest BCUT2D eigenvalue weighted by Crippen LogP contribution is -2.55. The molecule has 2 heterocycles. The first kappa shape index (κ1) is 34.1. The van der Waals surface area contributed by atoms with E-state index in [1.807, 2.05) is 0 Å². The fraction of sp³-hybridized carbons (Fsp3) is 0.756. The first-order valence-electron chi connectivity index (χ1n) is 19.4. The summed E-state index contributed by atoms with van der Waals surface area (Å²) < 4.78 is 29.3. The highest BCUT2D eigenvalue weighted by Crippen LogP contribution is 2.68. The van der Waals surface area contributed by atoms with E-state index in [0.717, 1.165) is 58.0 Å². The van der Waals surface area contributed by atoms with Crippen LogP contribution < -0.4 is 5.32 Å². The molecule has 7 aliphatic rings. The van der Waals surface area contributed by atoms with Gasteiger partial charge in [0.1, 0.15) is 12.2 Å². The Kier molecular flexibility index (Phi) is 9.67. The molecule has 268 valence electrons. The van der Waals surface area contributed by atoms with Crippen LogP contribution in [0.3, 0.4) is 0 Å². The Labute approximate surface area is 292 Å². The predicted molar refractivity (Wildman–Crippen MR) is 187 cm³/mol. The molecule has 5 aliphatic carbocycles. The van der Waals surface area contributed by atoms with E-state index in [-0.39, 0.29) is 25.6 Å². The van der Waals surface area contributed by atoms with Gasteiger partial charge in [0, 0.05) is 42.5 Å². The van der Waals surface area contributed by atoms with Gasteiger partial charge in [0.2, 0.25) is 0 Å². The summed E-state index contributed by atoms with van der Waals surface area (Å²) in [5, 5.41) is 28.6. The smallest absolute Gasteiger partial charge is 0.171 e. The van der Waals surface area contributed by atoms with Crippen molar-refractivity contribution in [1.29, 1.82) is 0 Å². The molecule has 1 aromatic carbocycles. The lowest BCUT2D eigenvalue weighted by molar-refractivity contribution is -0.208. The second-order valence-electron chi connectivity index (χ2n) is 16.4. The fourth-order valence-electron chi connectivity index (χ4n) is 11.1. The predicted octanol–water partition coefficient (Wildman–Crippen LogP) is 6.95. The summed E-state index contributed by atoms with van der Waals surface area (Å²) in [4.78, 5) is 0. The van der Waals surface area contributed by atoms with E-state index >= 15 is 0 Å². The van der Waals surface area contributed by atoms with Crippen molar-refractivity contribution in [2.24, 2.45) is 17.3 Å². The Hall–Kier alpha value is -1.96. The van der Waals surface area contributed by atoms with Gasteiger partial charge in [0.25, 0.3) is 0 Å². The number of rotatable bonds is 7. The van der Waals surface area contributed by atoms with Crippen LogP contribution in [0.15, 0.2) is 35.4 Å². The van der Waals surface area contributed by atoms with E-state index in [4.69, 9.17) is 23.7 Å². The zero-order valence-electron chi connectivity index (χ0n) is 29.5. The number of fused-ring (bicyclic) bond motifs is 4. The average Bonchev–Trinajstić information content (AvgIpc) is 3.67. The van der Waals surface area contributed by atoms with E-state index in [2.05, 4.69) is 48.3 Å². The maximum atomic E-state index is 12.4. The lowest BCUT2D eigenvalue weighted by atomic mass is 9.49. The molecule has 2 saturated heterocycles. The van der Waals surface area contributed by atoms with E-state index in [0.29, 0.717) is 50.4 Å². The maximum Gasteiger partial charge on any atom is 0.171 e. The third-order valence-corrected chi connectivity index (χ3v) is 13.6. The molecule has 49 heavy (non-hydrogen) atoms. The van der Waals surface area contributed by atoms with Crippen LogP contribution in [0, 0.1) is 29.1 Å². The van der Waals surface area contributed by atoms with Gasteiger partial charge in [0.05, 0.1) is 18.8 Å². The second-order valence-corrected chi connectivity index (χ2v) is 16.4. The molecule has 0 amide bonds. The molecule has 0 radical (unpaired) electrons. The summed E-state index contributed by atoms with van der Waals surface area (Å²) in [6.45, 7) is 4.58. The Morgan fingerprint density at radius 1 is 0.898 bits per heavy atom.